The third-order valence-electron chi connectivity index (χ3n) is 3.33. The number of fused-ring (bicyclic) bond motifs is 1. The van der Waals surface area contributed by atoms with E-state index in [9.17, 15) is 9.59 Å². The minimum absolute atomic E-state index is 0.0196. The van der Waals surface area contributed by atoms with Crippen LogP contribution in [0.25, 0.3) is 10.1 Å². The van der Waals surface area contributed by atoms with E-state index in [2.05, 4.69) is 10.3 Å². The van der Waals surface area contributed by atoms with Crippen LogP contribution in [0, 0.1) is 0 Å². The molecule has 0 bridgehead atoms. The molecule has 0 saturated carbocycles. The van der Waals surface area contributed by atoms with Gasteiger partial charge in [-0.3, -0.25) is 14.6 Å². The molecule has 1 aliphatic rings. The van der Waals surface area contributed by atoms with Crippen molar-refractivity contribution in [2.24, 2.45) is 0 Å². The number of nitrogens with zero attached hydrogens (tertiary/aromatic N) is 2. The van der Waals surface area contributed by atoms with Gasteiger partial charge in [-0.2, -0.15) is 0 Å². The summed E-state index contributed by atoms with van der Waals surface area (Å²) in [6.07, 6.45) is 3.70. The van der Waals surface area contributed by atoms with E-state index in [-0.39, 0.29) is 11.8 Å². The molecule has 1 fully saturated rings. The third kappa shape index (κ3) is 2.20. The van der Waals surface area contributed by atoms with Gasteiger partial charge in [-0.25, -0.2) is 0 Å². The fourth-order valence-electron chi connectivity index (χ4n) is 2.24. The van der Waals surface area contributed by atoms with Gasteiger partial charge in [0.1, 0.15) is 4.88 Å². The number of pyridine rings is 1. The van der Waals surface area contributed by atoms with Crippen LogP contribution in [0.5, 0.6) is 0 Å². The maximum absolute atomic E-state index is 12.5. The van der Waals surface area contributed by atoms with Crippen molar-refractivity contribution >= 4 is 38.9 Å². The molecular weight excluding hydrogens is 276 g/mol. The lowest BCUT2D eigenvalue weighted by molar-refractivity contribution is -0.120. The smallest absolute Gasteiger partial charge is 0.266 e. The van der Waals surface area contributed by atoms with Gasteiger partial charge < -0.3 is 16.0 Å². The molecule has 3 N–H and O–H groups in total. The van der Waals surface area contributed by atoms with Gasteiger partial charge in [0.15, 0.2) is 0 Å². The van der Waals surface area contributed by atoms with E-state index in [1.807, 2.05) is 6.07 Å². The summed E-state index contributed by atoms with van der Waals surface area (Å²) < 4.78 is 0.900. The second kappa shape index (κ2) is 5.09. The predicted octanol–water partition coefficient (Wildman–Crippen LogP) is 0.841. The van der Waals surface area contributed by atoms with Crippen LogP contribution in [0.4, 0.5) is 5.69 Å². The van der Waals surface area contributed by atoms with Gasteiger partial charge >= 0.3 is 0 Å². The summed E-state index contributed by atoms with van der Waals surface area (Å²) in [6, 6.07) is 1.81. The van der Waals surface area contributed by atoms with Gasteiger partial charge in [-0.1, -0.05) is 0 Å². The van der Waals surface area contributed by atoms with Gasteiger partial charge in [-0.15, -0.1) is 11.3 Å². The van der Waals surface area contributed by atoms with Gasteiger partial charge in [0, 0.05) is 43.8 Å². The van der Waals surface area contributed by atoms with Crippen LogP contribution in [0.3, 0.4) is 0 Å². The van der Waals surface area contributed by atoms with E-state index in [4.69, 9.17) is 5.73 Å². The first-order valence-electron chi connectivity index (χ1n) is 6.35. The monoisotopic (exact) mass is 290 g/mol. The highest BCUT2D eigenvalue weighted by atomic mass is 32.1. The Morgan fingerprint density at radius 3 is 3.10 bits per heavy atom. The molecule has 7 heteroatoms. The molecule has 0 aromatic carbocycles. The summed E-state index contributed by atoms with van der Waals surface area (Å²) in [7, 11) is 0. The van der Waals surface area contributed by atoms with E-state index in [1.54, 1.807) is 17.3 Å². The molecular formula is C13H14N4O2S. The van der Waals surface area contributed by atoms with Crippen LogP contribution in [0.2, 0.25) is 0 Å². The van der Waals surface area contributed by atoms with Crippen molar-refractivity contribution in [3.63, 3.8) is 0 Å². The number of rotatable bonds is 1. The molecule has 1 saturated heterocycles. The molecule has 2 amide bonds. The number of thiophene rings is 1. The lowest BCUT2D eigenvalue weighted by Gasteiger charge is -2.18. The highest BCUT2D eigenvalue weighted by Crippen LogP contribution is 2.33. The zero-order valence-corrected chi connectivity index (χ0v) is 11.6. The molecule has 20 heavy (non-hydrogen) atoms. The summed E-state index contributed by atoms with van der Waals surface area (Å²) in [5.41, 5.74) is 6.57. The van der Waals surface area contributed by atoms with Crippen molar-refractivity contribution in [1.29, 1.82) is 0 Å². The van der Waals surface area contributed by atoms with Crippen LogP contribution in [-0.2, 0) is 4.79 Å². The second-order valence-corrected chi connectivity index (χ2v) is 5.66. The Hall–Kier alpha value is -2.15. The standard InChI is InChI=1S/C13H14N4O2S/c14-11-8-1-3-15-7-9(8)20-12(11)13(19)17-5-2-10(18)16-4-6-17/h1,3,7H,2,4-6,14H2,(H,16,18). The quantitative estimate of drug-likeness (QED) is 0.814. The number of aromatic nitrogens is 1. The zero-order valence-electron chi connectivity index (χ0n) is 10.8. The molecule has 0 atom stereocenters. The number of anilines is 1. The molecule has 0 radical (unpaired) electrons. The van der Waals surface area contributed by atoms with Crippen molar-refractivity contribution in [1.82, 2.24) is 15.2 Å². The average Bonchev–Trinajstić information content (AvgIpc) is 2.64. The minimum Gasteiger partial charge on any atom is -0.397 e. The van der Waals surface area contributed by atoms with E-state index in [0.717, 1.165) is 10.1 Å². The maximum atomic E-state index is 12.5. The number of hydrogen-bond donors (Lipinski definition) is 2. The summed E-state index contributed by atoms with van der Waals surface area (Å²) in [4.78, 5) is 30.1. The Kier molecular flexibility index (Phi) is 3.27. The minimum atomic E-state index is -0.111. The molecule has 2 aromatic rings. The number of nitrogens with two attached hydrogens (primary N) is 1. The molecule has 2 aromatic heterocycles. The van der Waals surface area contributed by atoms with Gasteiger partial charge in [-0.05, 0) is 6.07 Å². The van der Waals surface area contributed by atoms with E-state index in [1.165, 1.54) is 11.3 Å². The fraction of sp³-hybridized carbons (Fsp3) is 0.308. The Labute approximate surface area is 119 Å². The SMILES string of the molecule is Nc1c(C(=O)N2CCNC(=O)CC2)sc2cnccc12. The number of nitrogen functional groups attached to an aromatic ring is 1. The van der Waals surface area contributed by atoms with E-state index >= 15 is 0 Å². The molecule has 6 nitrogen and oxygen atoms in total. The van der Waals surface area contributed by atoms with Crippen LogP contribution in [-0.4, -0.2) is 41.3 Å². The lowest BCUT2D eigenvalue weighted by atomic mass is 10.2. The third-order valence-corrected chi connectivity index (χ3v) is 4.47. The molecule has 0 spiro atoms. The zero-order chi connectivity index (χ0) is 14.1. The highest BCUT2D eigenvalue weighted by Gasteiger charge is 2.24. The van der Waals surface area contributed by atoms with Gasteiger partial charge in [0.2, 0.25) is 5.91 Å². The molecule has 0 aliphatic carbocycles. The first-order chi connectivity index (χ1) is 9.66. The summed E-state index contributed by atoms with van der Waals surface area (Å²) in [5.74, 6) is -0.131. The highest BCUT2D eigenvalue weighted by molar-refractivity contribution is 7.21. The molecule has 0 unspecified atom stereocenters. The van der Waals surface area contributed by atoms with E-state index in [0.29, 0.717) is 36.6 Å². The van der Waals surface area contributed by atoms with Crippen LogP contribution in [0.15, 0.2) is 18.5 Å². The van der Waals surface area contributed by atoms with E-state index < -0.39 is 0 Å². The Balaban J connectivity index is 1.92. The van der Waals surface area contributed by atoms with Crippen LogP contribution < -0.4 is 11.1 Å². The number of hydrogen-bond acceptors (Lipinski definition) is 5. The number of carbonyl (C=O) groups excluding carboxylic acids is 2. The number of amides is 2. The van der Waals surface area contributed by atoms with Crippen molar-refractivity contribution in [3.8, 4) is 0 Å². The summed E-state index contributed by atoms with van der Waals surface area (Å²) in [6.45, 7) is 1.42. The first kappa shape index (κ1) is 12.9. The normalized spacial score (nSPS) is 16.0. The Morgan fingerprint density at radius 2 is 2.30 bits per heavy atom. The number of nitrogens with one attached hydrogen (secondary N) is 1. The largest absolute Gasteiger partial charge is 0.397 e. The average molecular weight is 290 g/mol. The predicted molar refractivity (Wildman–Crippen MR) is 77.6 cm³/mol. The molecule has 1 aliphatic heterocycles. The second-order valence-electron chi connectivity index (χ2n) is 4.61. The molecule has 3 rings (SSSR count). The molecule has 3 heterocycles. The van der Waals surface area contributed by atoms with Gasteiger partial charge in [0.05, 0.1) is 10.4 Å². The Morgan fingerprint density at radius 1 is 1.45 bits per heavy atom. The van der Waals surface area contributed by atoms with Crippen molar-refractivity contribution in [3.05, 3.63) is 23.3 Å². The van der Waals surface area contributed by atoms with Crippen LogP contribution >= 0.6 is 11.3 Å². The van der Waals surface area contributed by atoms with Crippen molar-refractivity contribution in [2.45, 2.75) is 6.42 Å². The van der Waals surface area contributed by atoms with Crippen molar-refractivity contribution in [2.75, 3.05) is 25.4 Å². The van der Waals surface area contributed by atoms with Crippen molar-refractivity contribution < 1.29 is 9.59 Å². The maximum Gasteiger partial charge on any atom is 0.266 e. The fourth-order valence-corrected chi connectivity index (χ4v) is 3.30. The first-order valence-corrected chi connectivity index (χ1v) is 7.16. The lowest BCUT2D eigenvalue weighted by Crippen LogP contribution is -2.34. The topological polar surface area (TPSA) is 88.3 Å². The molecule has 104 valence electrons. The van der Waals surface area contributed by atoms with Crippen LogP contribution in [0.1, 0.15) is 16.1 Å². The van der Waals surface area contributed by atoms with Gasteiger partial charge in [0.25, 0.3) is 5.91 Å². The summed E-state index contributed by atoms with van der Waals surface area (Å²) in [5, 5.41) is 3.61. The summed E-state index contributed by atoms with van der Waals surface area (Å²) >= 11 is 1.35. The number of carbonyl (C=O) groups is 2. The Bertz CT molecular complexity index is 682.